The number of nitrogens with one attached hydrogen (secondary N) is 14. The average Bonchev–Trinajstić information content (AvgIpc) is 0.877. The Kier molecular flexibility index (Phi) is 41.4. The molecule has 39 nitrogen and oxygen atoms in total. The lowest BCUT2D eigenvalue weighted by atomic mass is 10.00. The lowest BCUT2D eigenvalue weighted by Gasteiger charge is -2.29. The normalized spacial score (nSPS) is 19.4. The maximum absolute atomic E-state index is 15.3. The first-order valence-corrected chi connectivity index (χ1v) is 38.8. The molecule has 0 bridgehead atoms. The van der Waals surface area contributed by atoms with Crippen molar-refractivity contribution in [1.29, 1.82) is 0 Å². The van der Waals surface area contributed by atoms with Crippen molar-refractivity contribution in [2.24, 2.45) is 5.92 Å². The van der Waals surface area contributed by atoms with E-state index in [-0.39, 0.29) is 51.6 Å². The number of carbonyl (C=O) groups excluding carboxylic acids is 16. The van der Waals surface area contributed by atoms with Crippen LogP contribution in [0.2, 0.25) is 0 Å². The molecule has 0 radical (unpaired) electrons. The van der Waals surface area contributed by atoms with Gasteiger partial charge in [-0.3, -0.25) is 52.7 Å². The van der Waals surface area contributed by atoms with Gasteiger partial charge in [0.1, 0.15) is 90.0 Å². The summed E-state index contributed by atoms with van der Waals surface area (Å²) in [5, 5.41) is 57.7. The van der Waals surface area contributed by atoms with Crippen LogP contribution >= 0.6 is 0 Å². The SMILES string of the molecule is CC(=O)OCCN(CCC(=O)N[C@H](C(=O)N[C@@H](CCNC(=O)OC(C)(C)C)C(=O)N[C@H]1CCNC(=O)[C@H]([C@@H](C)O)NC(=O)[C@H](CCNC(=O)OC(C)(C)C)NC(=O)[C@H](CCNC(=O)OC(C)(C)C)NC(=O)[C@H](CC(C)C)NC(=O)[C@@H](Cc2ccccc2)NC(=O)[C@H](CCNC(=O)OC(C)(C)C)NC1=O)[C@@H](C)O)C(=O)OCc1ccccc1. The van der Waals surface area contributed by atoms with Crippen LogP contribution in [0.5, 0.6) is 0 Å². The number of nitrogens with zero attached hydrogens (tertiary/aromatic N) is 1. The Morgan fingerprint density at radius 1 is 0.496 bits per heavy atom. The summed E-state index contributed by atoms with van der Waals surface area (Å²) in [5.41, 5.74) is -2.94. The van der Waals surface area contributed by atoms with Crippen LogP contribution in [0.25, 0.3) is 0 Å². The van der Waals surface area contributed by atoms with Crippen LogP contribution in [0.15, 0.2) is 60.7 Å². The molecule has 39 heteroatoms. The molecule has 1 heterocycles. The van der Waals surface area contributed by atoms with Gasteiger partial charge in [-0.15, -0.1) is 0 Å². The predicted octanol–water partition coefficient (Wildman–Crippen LogP) is 1.17. The fourth-order valence-electron chi connectivity index (χ4n) is 10.9. The summed E-state index contributed by atoms with van der Waals surface area (Å²) in [7, 11) is 0. The molecule has 0 aromatic heterocycles. The van der Waals surface area contributed by atoms with Gasteiger partial charge in [-0.25, -0.2) is 24.0 Å². The third kappa shape index (κ3) is 41.8. The molecule has 3 rings (SSSR count). The van der Waals surface area contributed by atoms with Crippen LogP contribution in [0, 0.1) is 5.92 Å². The minimum absolute atomic E-state index is 0.124. The van der Waals surface area contributed by atoms with Gasteiger partial charge >= 0.3 is 36.4 Å². The summed E-state index contributed by atoms with van der Waals surface area (Å²) in [6.45, 7) is 22.5. The number of rotatable bonds is 31. The number of hydrogen-bond acceptors (Lipinski definition) is 24. The molecule has 0 aliphatic carbocycles. The summed E-state index contributed by atoms with van der Waals surface area (Å²) >= 11 is 0. The predicted molar refractivity (Wildman–Crippen MR) is 423 cm³/mol. The van der Waals surface area contributed by atoms with Crippen molar-refractivity contribution in [1.82, 2.24) is 79.3 Å². The molecule has 1 aliphatic rings. The largest absolute Gasteiger partial charge is 0.464 e. The third-order valence-corrected chi connectivity index (χ3v) is 16.4. The van der Waals surface area contributed by atoms with Gasteiger partial charge in [0.15, 0.2) is 0 Å². The van der Waals surface area contributed by atoms with Crippen molar-refractivity contribution in [2.45, 2.75) is 265 Å². The van der Waals surface area contributed by atoms with E-state index in [1.807, 2.05) is 0 Å². The minimum atomic E-state index is -1.94. The molecule has 11 atom stereocenters. The molecule has 16 N–H and O–H groups in total. The molecule has 2 aromatic carbocycles. The zero-order chi connectivity index (χ0) is 88.1. The lowest BCUT2D eigenvalue weighted by molar-refractivity contribution is -0.141. The van der Waals surface area contributed by atoms with E-state index in [1.165, 1.54) is 0 Å². The zero-order valence-electron chi connectivity index (χ0n) is 70.0. The quantitative estimate of drug-likeness (QED) is 0.0372. The van der Waals surface area contributed by atoms with Gasteiger partial charge in [-0.05, 0) is 153 Å². The molecule has 0 saturated carbocycles. The Morgan fingerprint density at radius 2 is 0.915 bits per heavy atom. The topological polar surface area (TPSA) is 541 Å². The highest BCUT2D eigenvalue weighted by molar-refractivity contribution is 5.99. The first-order chi connectivity index (χ1) is 54.5. The van der Waals surface area contributed by atoms with Crippen LogP contribution < -0.4 is 74.4 Å². The van der Waals surface area contributed by atoms with Crippen LogP contribution in [0.4, 0.5) is 24.0 Å². The van der Waals surface area contributed by atoms with E-state index in [0.717, 1.165) is 25.7 Å². The van der Waals surface area contributed by atoms with E-state index in [2.05, 4.69) is 74.4 Å². The average molecular weight is 1650 g/mol. The molecule has 1 aliphatic heterocycles. The van der Waals surface area contributed by atoms with Crippen molar-refractivity contribution in [3.63, 3.8) is 0 Å². The van der Waals surface area contributed by atoms with Crippen LogP contribution in [0.1, 0.15) is 174 Å². The lowest BCUT2D eigenvalue weighted by Crippen LogP contribution is -2.61. The maximum atomic E-state index is 15.3. The van der Waals surface area contributed by atoms with Crippen molar-refractivity contribution >= 4 is 95.5 Å². The maximum Gasteiger partial charge on any atom is 0.410 e. The Labute approximate surface area is 682 Å². The molecule has 0 unspecified atom stereocenters. The number of carbonyl (C=O) groups is 16. The molecule has 117 heavy (non-hydrogen) atoms. The van der Waals surface area contributed by atoms with Crippen LogP contribution in [0.3, 0.4) is 0 Å². The van der Waals surface area contributed by atoms with E-state index in [0.29, 0.717) is 11.1 Å². The fourth-order valence-corrected chi connectivity index (χ4v) is 10.9. The second kappa shape index (κ2) is 48.4. The monoisotopic (exact) mass is 1650 g/mol. The standard InChI is InChI=1S/C78H123N15O24/c1-45(2)42-56-66(103)87-52(29-35-80-70(107)114-75(6,7)8)62(99)86-55(32-38-83-73(110)117-78(15,16)17)65(102)92-59(46(3)94)68(105)79-34-28-51(61(98)85-53(30-36-81-71(108)115-76(9,10)11)64(101)90-57(67(104)89-56)43-49-24-20-18-21-25-49)84-63(100)54(31-37-82-72(109)116-77(12,13)14)88-69(106)60(47(4)95)91-58(97)33-39-93(40-41-112-48(5)96)74(111)113-44-50-26-22-19-23-27-50/h18-27,45-47,51-57,59-60,94-95H,28-44H2,1-17H3,(H,79,105)(H,80,107)(H,81,108)(H,82,109)(H,83,110)(H,84,100)(H,85,98)(H,86,99)(H,87,103)(H,88,106)(H,89,104)(H,90,101)(H,91,97)(H,92,102)/t46-,47-,51+,52+,53+,54+,55+,56+,57-,59+,60+/m1/s1. The summed E-state index contributed by atoms with van der Waals surface area (Å²) in [5.74, 6) is -12.1. The molecule has 0 spiro atoms. The minimum Gasteiger partial charge on any atom is -0.464 e. The Morgan fingerprint density at radius 3 is 1.36 bits per heavy atom. The molecule has 15 amide bonds. The number of hydrogen-bond donors (Lipinski definition) is 16. The number of aliphatic hydroxyl groups is 2. The number of esters is 1. The molecular formula is C78H123N15O24. The first kappa shape index (κ1) is 100. The highest BCUT2D eigenvalue weighted by atomic mass is 16.6. The third-order valence-electron chi connectivity index (χ3n) is 16.4. The molecule has 1 fully saturated rings. The highest BCUT2D eigenvalue weighted by Gasteiger charge is 2.39. The van der Waals surface area contributed by atoms with Gasteiger partial charge in [0.05, 0.1) is 18.8 Å². The number of amides is 15. The van der Waals surface area contributed by atoms with Gasteiger partial charge < -0.3 is 118 Å². The molecule has 654 valence electrons. The van der Waals surface area contributed by atoms with Gasteiger partial charge in [0, 0.05) is 59.0 Å². The highest BCUT2D eigenvalue weighted by Crippen LogP contribution is 2.16. The van der Waals surface area contributed by atoms with E-state index in [1.54, 1.807) is 158 Å². The van der Waals surface area contributed by atoms with E-state index in [4.69, 9.17) is 28.4 Å². The number of aliphatic hydroxyl groups excluding tert-OH is 2. The van der Waals surface area contributed by atoms with Gasteiger partial charge in [0.25, 0.3) is 0 Å². The molecule has 2 aromatic rings. The Balaban J connectivity index is 2.34. The van der Waals surface area contributed by atoms with Crippen LogP contribution in [-0.2, 0) is 94.2 Å². The van der Waals surface area contributed by atoms with Gasteiger partial charge in [-0.1, -0.05) is 74.5 Å². The van der Waals surface area contributed by atoms with Crippen LogP contribution in [-0.4, -0.2) is 252 Å². The van der Waals surface area contributed by atoms with E-state index in [9.17, 15) is 67.7 Å². The number of alkyl carbamates (subject to hydrolysis) is 4. The number of benzene rings is 2. The van der Waals surface area contributed by atoms with Crippen molar-refractivity contribution in [3.8, 4) is 0 Å². The molecular weight excluding hydrogens is 1530 g/mol. The summed E-state index contributed by atoms with van der Waals surface area (Å²) in [6.07, 6.45) is -11.7. The van der Waals surface area contributed by atoms with Gasteiger partial charge in [0.2, 0.25) is 59.1 Å². The summed E-state index contributed by atoms with van der Waals surface area (Å²) < 4.78 is 32.0. The number of ether oxygens (including phenoxy) is 6. The second-order valence-electron chi connectivity index (χ2n) is 32.3. The Hall–Kier alpha value is -11.1. The van der Waals surface area contributed by atoms with Crippen molar-refractivity contribution < 1.29 is 115 Å². The summed E-state index contributed by atoms with van der Waals surface area (Å²) in [4.78, 5) is 226. The summed E-state index contributed by atoms with van der Waals surface area (Å²) in [6, 6.07) is 0.869. The van der Waals surface area contributed by atoms with E-state index < -0.39 is 249 Å². The second-order valence-corrected chi connectivity index (χ2v) is 32.3. The van der Waals surface area contributed by atoms with Crippen molar-refractivity contribution in [3.05, 3.63) is 71.8 Å². The van der Waals surface area contributed by atoms with Crippen molar-refractivity contribution in [2.75, 3.05) is 52.4 Å². The van der Waals surface area contributed by atoms with Gasteiger partial charge in [-0.2, -0.15) is 0 Å². The fraction of sp³-hybridized carbons (Fsp3) is 0.641. The van der Waals surface area contributed by atoms with E-state index >= 15 is 19.2 Å². The zero-order valence-corrected chi connectivity index (χ0v) is 70.0. The molecule has 1 saturated heterocycles. The first-order valence-electron chi connectivity index (χ1n) is 38.8. The Bertz CT molecular complexity index is 3650. The smallest absolute Gasteiger partial charge is 0.410 e.